The minimum atomic E-state index is -0.372. The van der Waals surface area contributed by atoms with Gasteiger partial charge in [-0.1, -0.05) is 25.7 Å². The number of nitrogens with one attached hydrogen (secondary N) is 1. The predicted molar refractivity (Wildman–Crippen MR) is 71.2 cm³/mol. The molecule has 0 heterocycles. The lowest BCUT2D eigenvalue weighted by molar-refractivity contribution is -0.136. The summed E-state index contributed by atoms with van der Waals surface area (Å²) in [4.78, 5) is 11.9. The van der Waals surface area contributed by atoms with Crippen LogP contribution in [-0.2, 0) is 14.3 Å². The molecule has 0 spiro atoms. The Morgan fingerprint density at radius 1 is 1.17 bits per heavy atom. The molecule has 1 amide bonds. The molecule has 1 atom stereocenters. The topological polar surface area (TPSA) is 47.6 Å². The van der Waals surface area contributed by atoms with Gasteiger partial charge in [-0.3, -0.25) is 4.79 Å². The maximum absolute atomic E-state index is 11.9. The number of hydrogen-bond acceptors (Lipinski definition) is 3. The standard InChI is InChI=1S/C14H27NO3/c1-11(14(17-2)18-3)15-13(16)10-12-8-6-4-5-7-9-12/h11-12,14H,4-10H2,1-3H3,(H,15,16). The molecule has 18 heavy (non-hydrogen) atoms. The Hall–Kier alpha value is -0.610. The van der Waals surface area contributed by atoms with Gasteiger partial charge in [0, 0.05) is 20.6 Å². The van der Waals surface area contributed by atoms with Gasteiger partial charge in [-0.15, -0.1) is 0 Å². The molecule has 4 nitrogen and oxygen atoms in total. The van der Waals surface area contributed by atoms with Crippen LogP contribution in [-0.4, -0.2) is 32.5 Å². The molecule has 1 fully saturated rings. The summed E-state index contributed by atoms with van der Waals surface area (Å²) in [6.45, 7) is 1.91. The van der Waals surface area contributed by atoms with Crippen LogP contribution in [0.25, 0.3) is 0 Å². The molecule has 0 aromatic heterocycles. The molecule has 1 rings (SSSR count). The molecule has 106 valence electrons. The molecule has 0 radical (unpaired) electrons. The van der Waals surface area contributed by atoms with Crippen LogP contribution in [0.5, 0.6) is 0 Å². The Morgan fingerprint density at radius 2 is 1.72 bits per heavy atom. The summed E-state index contributed by atoms with van der Waals surface area (Å²) >= 11 is 0. The first-order valence-electron chi connectivity index (χ1n) is 7.02. The fourth-order valence-corrected chi connectivity index (χ4v) is 2.72. The fraction of sp³-hybridized carbons (Fsp3) is 0.929. The van der Waals surface area contributed by atoms with E-state index in [4.69, 9.17) is 9.47 Å². The van der Waals surface area contributed by atoms with Gasteiger partial charge in [-0.25, -0.2) is 0 Å². The summed E-state index contributed by atoms with van der Waals surface area (Å²) in [5, 5.41) is 2.96. The molecule has 1 N–H and O–H groups in total. The number of carbonyl (C=O) groups is 1. The zero-order chi connectivity index (χ0) is 13.4. The first-order chi connectivity index (χ1) is 8.67. The summed E-state index contributed by atoms with van der Waals surface area (Å²) in [5.41, 5.74) is 0. The van der Waals surface area contributed by atoms with Crippen molar-refractivity contribution < 1.29 is 14.3 Å². The number of rotatable bonds is 6. The van der Waals surface area contributed by atoms with E-state index < -0.39 is 0 Å². The van der Waals surface area contributed by atoms with Gasteiger partial charge in [-0.2, -0.15) is 0 Å². The fourth-order valence-electron chi connectivity index (χ4n) is 2.72. The van der Waals surface area contributed by atoms with E-state index in [1.165, 1.54) is 38.5 Å². The van der Waals surface area contributed by atoms with Crippen LogP contribution in [0.3, 0.4) is 0 Å². The maximum Gasteiger partial charge on any atom is 0.220 e. The summed E-state index contributed by atoms with van der Waals surface area (Å²) < 4.78 is 10.3. The summed E-state index contributed by atoms with van der Waals surface area (Å²) in [6.07, 6.45) is 7.85. The largest absolute Gasteiger partial charge is 0.354 e. The molecular weight excluding hydrogens is 230 g/mol. The van der Waals surface area contributed by atoms with Crippen molar-refractivity contribution >= 4 is 5.91 Å². The van der Waals surface area contributed by atoms with E-state index in [0.29, 0.717) is 12.3 Å². The number of ether oxygens (including phenoxy) is 2. The Labute approximate surface area is 110 Å². The average molecular weight is 257 g/mol. The highest BCUT2D eigenvalue weighted by molar-refractivity contribution is 5.76. The molecule has 1 aliphatic rings. The Balaban J connectivity index is 2.31. The van der Waals surface area contributed by atoms with Crippen LogP contribution in [0.4, 0.5) is 0 Å². The lowest BCUT2D eigenvalue weighted by atomic mass is 9.96. The zero-order valence-corrected chi connectivity index (χ0v) is 11.9. The van der Waals surface area contributed by atoms with E-state index in [-0.39, 0.29) is 18.2 Å². The highest BCUT2D eigenvalue weighted by Crippen LogP contribution is 2.25. The lowest BCUT2D eigenvalue weighted by Gasteiger charge is -2.23. The molecule has 1 unspecified atom stereocenters. The second kappa shape index (κ2) is 8.48. The Kier molecular flexibility index (Phi) is 7.28. The van der Waals surface area contributed by atoms with Gasteiger partial charge in [0.2, 0.25) is 5.91 Å². The van der Waals surface area contributed by atoms with Crippen molar-refractivity contribution in [3.63, 3.8) is 0 Å². The van der Waals surface area contributed by atoms with Crippen LogP contribution >= 0.6 is 0 Å². The smallest absolute Gasteiger partial charge is 0.220 e. The molecule has 4 heteroatoms. The van der Waals surface area contributed by atoms with Gasteiger partial charge in [0.25, 0.3) is 0 Å². The van der Waals surface area contributed by atoms with Gasteiger partial charge < -0.3 is 14.8 Å². The van der Waals surface area contributed by atoms with Crippen LogP contribution in [0.1, 0.15) is 51.9 Å². The Morgan fingerprint density at radius 3 is 2.22 bits per heavy atom. The van der Waals surface area contributed by atoms with Crippen molar-refractivity contribution in [2.75, 3.05) is 14.2 Å². The normalized spacial score (nSPS) is 19.6. The van der Waals surface area contributed by atoms with E-state index in [2.05, 4.69) is 5.32 Å². The van der Waals surface area contributed by atoms with E-state index in [1.54, 1.807) is 14.2 Å². The third kappa shape index (κ3) is 5.36. The number of carbonyl (C=O) groups excluding carboxylic acids is 1. The third-order valence-electron chi connectivity index (χ3n) is 3.71. The molecule has 1 aliphatic carbocycles. The average Bonchev–Trinajstić information content (AvgIpc) is 2.59. The summed E-state index contributed by atoms with van der Waals surface area (Å²) in [5.74, 6) is 0.678. The lowest BCUT2D eigenvalue weighted by Crippen LogP contribution is -2.43. The molecule has 0 aromatic carbocycles. The van der Waals surface area contributed by atoms with Gasteiger partial charge >= 0.3 is 0 Å². The van der Waals surface area contributed by atoms with Gasteiger partial charge in [0.15, 0.2) is 6.29 Å². The quantitative estimate of drug-likeness (QED) is 0.587. The van der Waals surface area contributed by atoms with Crippen LogP contribution < -0.4 is 5.32 Å². The number of amides is 1. The minimum absolute atomic E-state index is 0.113. The first-order valence-corrected chi connectivity index (χ1v) is 7.02. The molecule has 0 aliphatic heterocycles. The van der Waals surface area contributed by atoms with Gasteiger partial charge in [0.1, 0.15) is 0 Å². The number of methoxy groups -OCH3 is 2. The van der Waals surface area contributed by atoms with E-state index >= 15 is 0 Å². The Bertz CT molecular complexity index is 227. The second-order valence-corrected chi connectivity index (χ2v) is 5.26. The van der Waals surface area contributed by atoms with Crippen molar-refractivity contribution in [2.45, 2.75) is 64.2 Å². The van der Waals surface area contributed by atoms with Crippen LogP contribution in [0, 0.1) is 5.92 Å². The van der Waals surface area contributed by atoms with Crippen molar-refractivity contribution in [3.05, 3.63) is 0 Å². The number of hydrogen-bond donors (Lipinski definition) is 1. The molecule has 0 aromatic rings. The van der Waals surface area contributed by atoms with Crippen LogP contribution in [0.2, 0.25) is 0 Å². The summed E-state index contributed by atoms with van der Waals surface area (Å²) in [7, 11) is 3.17. The van der Waals surface area contributed by atoms with E-state index in [9.17, 15) is 4.79 Å². The third-order valence-corrected chi connectivity index (χ3v) is 3.71. The van der Waals surface area contributed by atoms with Crippen molar-refractivity contribution in [1.29, 1.82) is 0 Å². The van der Waals surface area contributed by atoms with E-state index in [0.717, 1.165) is 0 Å². The van der Waals surface area contributed by atoms with Crippen molar-refractivity contribution in [1.82, 2.24) is 5.32 Å². The minimum Gasteiger partial charge on any atom is -0.354 e. The monoisotopic (exact) mass is 257 g/mol. The van der Waals surface area contributed by atoms with Crippen molar-refractivity contribution in [3.8, 4) is 0 Å². The molecule has 0 bridgehead atoms. The second-order valence-electron chi connectivity index (χ2n) is 5.26. The maximum atomic E-state index is 11.9. The molecule has 0 saturated heterocycles. The van der Waals surface area contributed by atoms with Gasteiger partial charge in [0.05, 0.1) is 6.04 Å². The summed E-state index contributed by atoms with van der Waals surface area (Å²) in [6, 6.07) is -0.113. The van der Waals surface area contributed by atoms with Gasteiger partial charge in [-0.05, 0) is 25.7 Å². The van der Waals surface area contributed by atoms with E-state index in [1.807, 2.05) is 6.92 Å². The SMILES string of the molecule is COC(OC)C(C)NC(=O)CC1CCCCCC1. The molecular formula is C14H27NO3. The predicted octanol–water partition coefficient (Wildman–Crippen LogP) is 2.47. The first kappa shape index (κ1) is 15.4. The molecule has 1 saturated carbocycles. The van der Waals surface area contributed by atoms with Crippen LogP contribution in [0.15, 0.2) is 0 Å². The highest BCUT2D eigenvalue weighted by Gasteiger charge is 2.21. The zero-order valence-electron chi connectivity index (χ0n) is 11.9. The highest BCUT2D eigenvalue weighted by atomic mass is 16.7. The van der Waals surface area contributed by atoms with Crippen molar-refractivity contribution in [2.24, 2.45) is 5.92 Å².